The van der Waals surface area contributed by atoms with Crippen LogP contribution in [0, 0.1) is 20.8 Å². The Labute approximate surface area is 180 Å². The molecule has 158 valence electrons. The lowest BCUT2D eigenvalue weighted by Gasteiger charge is -2.29. The Bertz CT molecular complexity index is 1080. The van der Waals surface area contributed by atoms with Crippen LogP contribution in [-0.4, -0.2) is 26.7 Å². The normalized spacial score (nSPS) is 18.7. The maximum absolute atomic E-state index is 12.5. The average molecular weight is 425 g/mol. The minimum atomic E-state index is -0.338. The Kier molecular flexibility index (Phi) is 5.64. The van der Waals surface area contributed by atoms with Crippen molar-refractivity contribution in [1.29, 1.82) is 0 Å². The number of nitrogens with one attached hydrogen (secondary N) is 2. The average Bonchev–Trinajstić information content (AvgIpc) is 3.36. The summed E-state index contributed by atoms with van der Waals surface area (Å²) in [6.07, 6.45) is 5.05. The number of aromatic nitrogens is 2. The molecule has 3 aromatic rings. The van der Waals surface area contributed by atoms with Gasteiger partial charge in [-0.15, -0.1) is 11.3 Å². The third kappa shape index (κ3) is 4.41. The van der Waals surface area contributed by atoms with Crippen LogP contribution in [0.25, 0.3) is 4.96 Å². The van der Waals surface area contributed by atoms with E-state index in [9.17, 15) is 9.59 Å². The van der Waals surface area contributed by atoms with Crippen LogP contribution in [-0.2, 0) is 22.6 Å². The summed E-state index contributed by atoms with van der Waals surface area (Å²) < 4.78 is 2.08. The molecule has 0 spiro atoms. The summed E-state index contributed by atoms with van der Waals surface area (Å²) in [6, 6.07) is 8.39. The molecule has 2 N–H and O–H groups in total. The lowest BCUT2D eigenvalue weighted by atomic mass is 9.84. The zero-order valence-electron chi connectivity index (χ0n) is 17.7. The second-order valence-electron chi connectivity index (χ2n) is 8.40. The van der Waals surface area contributed by atoms with Gasteiger partial charge in [-0.25, -0.2) is 4.98 Å². The predicted octanol–water partition coefficient (Wildman–Crippen LogP) is 3.61. The zero-order chi connectivity index (χ0) is 21.3. The van der Waals surface area contributed by atoms with E-state index in [4.69, 9.17) is 0 Å². The Balaban J connectivity index is 1.35. The molecule has 0 aliphatic carbocycles. The predicted molar refractivity (Wildman–Crippen MR) is 119 cm³/mol. The topological polar surface area (TPSA) is 75.5 Å². The number of thiazole rings is 1. The van der Waals surface area contributed by atoms with Crippen molar-refractivity contribution in [1.82, 2.24) is 20.0 Å². The van der Waals surface area contributed by atoms with Crippen LogP contribution in [0.5, 0.6) is 0 Å². The van der Waals surface area contributed by atoms with E-state index in [-0.39, 0.29) is 17.4 Å². The van der Waals surface area contributed by atoms with E-state index in [1.165, 1.54) is 21.7 Å². The molecule has 2 aromatic heterocycles. The molecule has 1 saturated heterocycles. The molecule has 0 radical (unpaired) electrons. The number of rotatable bonds is 7. The molecule has 1 unspecified atom stereocenters. The zero-order valence-corrected chi connectivity index (χ0v) is 18.6. The van der Waals surface area contributed by atoms with Gasteiger partial charge >= 0.3 is 0 Å². The van der Waals surface area contributed by atoms with Gasteiger partial charge in [0.1, 0.15) is 0 Å². The summed E-state index contributed by atoms with van der Waals surface area (Å²) in [5.74, 6) is 0.0648. The number of fused-ring (bicyclic) bond motifs is 1. The summed E-state index contributed by atoms with van der Waals surface area (Å²) in [6.45, 7) is 6.65. The monoisotopic (exact) mass is 424 g/mol. The smallest absolute Gasteiger partial charge is 0.220 e. The lowest BCUT2D eigenvalue weighted by molar-refractivity contribution is -0.122. The van der Waals surface area contributed by atoms with Gasteiger partial charge in [-0.1, -0.05) is 29.8 Å². The SMILES string of the molecule is Cc1ccc(CC2(CCC(=O)NCc3cn4c(C)c(C)sc4n3)CCC(=O)N2)cc1. The maximum atomic E-state index is 12.5. The molecular weight excluding hydrogens is 396 g/mol. The first-order chi connectivity index (χ1) is 14.3. The third-order valence-corrected chi connectivity index (χ3v) is 7.11. The molecule has 2 amide bonds. The van der Waals surface area contributed by atoms with E-state index in [0.717, 1.165) is 23.5 Å². The highest BCUT2D eigenvalue weighted by molar-refractivity contribution is 7.17. The number of hydrogen-bond donors (Lipinski definition) is 2. The highest BCUT2D eigenvalue weighted by Gasteiger charge is 2.37. The van der Waals surface area contributed by atoms with Crippen molar-refractivity contribution >= 4 is 28.1 Å². The number of imidazole rings is 1. The number of aryl methyl sites for hydroxylation is 3. The second kappa shape index (κ2) is 8.22. The van der Waals surface area contributed by atoms with Gasteiger partial charge in [0.15, 0.2) is 4.96 Å². The van der Waals surface area contributed by atoms with Gasteiger partial charge in [0.05, 0.1) is 12.2 Å². The number of carbonyl (C=O) groups is 2. The summed E-state index contributed by atoms with van der Waals surface area (Å²) >= 11 is 1.66. The molecular formula is C23H28N4O2S. The lowest BCUT2D eigenvalue weighted by Crippen LogP contribution is -2.44. The van der Waals surface area contributed by atoms with Crippen molar-refractivity contribution < 1.29 is 9.59 Å². The highest BCUT2D eigenvalue weighted by Crippen LogP contribution is 2.29. The van der Waals surface area contributed by atoms with E-state index >= 15 is 0 Å². The fourth-order valence-electron chi connectivity index (χ4n) is 4.10. The van der Waals surface area contributed by atoms with E-state index in [0.29, 0.717) is 25.8 Å². The Morgan fingerprint density at radius 2 is 2.03 bits per heavy atom. The molecule has 1 aromatic carbocycles. The van der Waals surface area contributed by atoms with Gasteiger partial charge in [-0.05, 0) is 45.6 Å². The summed E-state index contributed by atoms with van der Waals surface area (Å²) in [5, 5.41) is 6.14. The van der Waals surface area contributed by atoms with Gasteiger partial charge in [-0.3, -0.25) is 14.0 Å². The third-order valence-electron chi connectivity index (χ3n) is 6.03. The molecule has 0 bridgehead atoms. The summed E-state index contributed by atoms with van der Waals surface area (Å²) in [4.78, 5) is 31.3. The largest absolute Gasteiger partial charge is 0.350 e. The molecule has 1 atom stereocenters. The molecule has 1 aliphatic heterocycles. The molecule has 7 heteroatoms. The quantitative estimate of drug-likeness (QED) is 0.608. The maximum Gasteiger partial charge on any atom is 0.220 e. The summed E-state index contributed by atoms with van der Waals surface area (Å²) in [7, 11) is 0. The van der Waals surface area contributed by atoms with E-state index in [1.54, 1.807) is 11.3 Å². The summed E-state index contributed by atoms with van der Waals surface area (Å²) in [5.41, 5.74) is 4.12. The van der Waals surface area contributed by atoms with Crippen LogP contribution in [0.3, 0.4) is 0 Å². The number of hydrogen-bond acceptors (Lipinski definition) is 4. The van der Waals surface area contributed by atoms with Crippen molar-refractivity contribution in [3.05, 3.63) is 57.9 Å². The van der Waals surface area contributed by atoms with Crippen molar-refractivity contribution in [2.45, 2.75) is 65.0 Å². The van der Waals surface area contributed by atoms with E-state index in [1.807, 2.05) is 6.20 Å². The van der Waals surface area contributed by atoms with Gasteiger partial charge in [0.25, 0.3) is 0 Å². The Morgan fingerprint density at radius 1 is 1.27 bits per heavy atom. The molecule has 1 fully saturated rings. The first kappa shape index (κ1) is 20.6. The van der Waals surface area contributed by atoms with E-state index < -0.39 is 0 Å². The first-order valence-corrected chi connectivity index (χ1v) is 11.2. The van der Waals surface area contributed by atoms with Gasteiger partial charge in [0.2, 0.25) is 11.8 Å². The minimum Gasteiger partial charge on any atom is -0.350 e. The van der Waals surface area contributed by atoms with Crippen LogP contribution in [0.15, 0.2) is 30.5 Å². The Morgan fingerprint density at radius 3 is 2.70 bits per heavy atom. The molecule has 0 saturated carbocycles. The van der Waals surface area contributed by atoms with Crippen LogP contribution in [0.2, 0.25) is 0 Å². The molecule has 6 nitrogen and oxygen atoms in total. The fraction of sp³-hybridized carbons (Fsp3) is 0.435. The number of benzene rings is 1. The standard InChI is InChI=1S/C23H28N4O2S/c1-15-4-6-18(7-5-15)12-23(11-9-21(29)26-23)10-8-20(28)24-13-19-14-27-16(2)17(3)30-22(27)25-19/h4-7,14H,8-13H2,1-3H3,(H,24,28)(H,26,29). The number of carbonyl (C=O) groups excluding carboxylic acids is 2. The van der Waals surface area contributed by atoms with Crippen molar-refractivity contribution in [3.63, 3.8) is 0 Å². The highest BCUT2D eigenvalue weighted by atomic mass is 32.1. The second-order valence-corrected chi connectivity index (χ2v) is 9.58. The van der Waals surface area contributed by atoms with Gasteiger partial charge in [-0.2, -0.15) is 0 Å². The number of amides is 2. The minimum absolute atomic E-state index is 0.0105. The molecule has 30 heavy (non-hydrogen) atoms. The van der Waals surface area contributed by atoms with Crippen molar-refractivity contribution in [2.75, 3.05) is 0 Å². The van der Waals surface area contributed by atoms with Crippen LogP contribution >= 0.6 is 11.3 Å². The Hall–Kier alpha value is -2.67. The molecule has 3 heterocycles. The first-order valence-electron chi connectivity index (χ1n) is 10.4. The van der Waals surface area contributed by atoms with Crippen LogP contribution in [0.1, 0.15) is 53.1 Å². The number of nitrogens with zero attached hydrogens (tertiary/aromatic N) is 2. The van der Waals surface area contributed by atoms with Crippen molar-refractivity contribution in [3.8, 4) is 0 Å². The van der Waals surface area contributed by atoms with Crippen LogP contribution < -0.4 is 10.6 Å². The van der Waals surface area contributed by atoms with Gasteiger partial charge < -0.3 is 10.6 Å². The van der Waals surface area contributed by atoms with E-state index in [2.05, 4.69) is 65.1 Å². The van der Waals surface area contributed by atoms with Crippen molar-refractivity contribution in [2.24, 2.45) is 0 Å². The van der Waals surface area contributed by atoms with Crippen LogP contribution in [0.4, 0.5) is 0 Å². The van der Waals surface area contributed by atoms with Gasteiger partial charge in [0, 0.05) is 35.1 Å². The molecule has 4 rings (SSSR count). The fourth-order valence-corrected chi connectivity index (χ4v) is 5.07. The molecule has 1 aliphatic rings.